The Labute approximate surface area is 192 Å². The number of fused-ring (bicyclic) bond motifs is 1. The number of hydrogen-bond donors (Lipinski definition) is 3. The van der Waals surface area contributed by atoms with Crippen molar-refractivity contribution in [3.63, 3.8) is 0 Å². The first kappa shape index (κ1) is 22.4. The summed E-state index contributed by atoms with van der Waals surface area (Å²) < 4.78 is 10.6. The zero-order valence-corrected chi connectivity index (χ0v) is 18.8. The number of benzene rings is 1. The maximum absolute atomic E-state index is 13.2. The number of rotatable bonds is 8. The van der Waals surface area contributed by atoms with Gasteiger partial charge in [-0.3, -0.25) is 9.59 Å². The summed E-state index contributed by atoms with van der Waals surface area (Å²) in [6, 6.07) is 8.94. The van der Waals surface area contributed by atoms with Crippen molar-refractivity contribution in [2.45, 2.75) is 37.8 Å². The lowest BCUT2D eigenvalue weighted by Gasteiger charge is -2.32. The van der Waals surface area contributed by atoms with E-state index in [4.69, 9.17) is 9.47 Å². The second-order valence-electron chi connectivity index (χ2n) is 8.08. The fraction of sp³-hybridized carbons (Fsp3) is 0.320. The average molecular weight is 449 g/mol. The van der Waals surface area contributed by atoms with E-state index in [1.54, 1.807) is 38.6 Å². The summed E-state index contributed by atoms with van der Waals surface area (Å²) in [5.41, 5.74) is 1.60. The van der Waals surface area contributed by atoms with Crippen molar-refractivity contribution in [2.24, 2.45) is 0 Å². The summed E-state index contributed by atoms with van der Waals surface area (Å²) in [4.78, 5) is 32.8. The SMILES string of the molecule is C=CC(=O)NC1CCCCC1Nc1ccc2c(C(=O)c3cc(OC)cc(OC)c3)c[nH]c2n1. The molecule has 0 spiro atoms. The van der Waals surface area contributed by atoms with Gasteiger partial charge in [0.05, 0.1) is 14.2 Å². The van der Waals surface area contributed by atoms with E-state index in [1.165, 1.54) is 6.08 Å². The molecular formula is C25H28N4O4. The predicted molar refractivity (Wildman–Crippen MR) is 127 cm³/mol. The molecule has 0 aliphatic heterocycles. The summed E-state index contributed by atoms with van der Waals surface area (Å²) >= 11 is 0. The average Bonchev–Trinajstić information content (AvgIpc) is 3.27. The van der Waals surface area contributed by atoms with Gasteiger partial charge in [-0.1, -0.05) is 19.4 Å². The van der Waals surface area contributed by atoms with Gasteiger partial charge in [-0.2, -0.15) is 0 Å². The quantitative estimate of drug-likeness (QED) is 0.357. The van der Waals surface area contributed by atoms with Crippen molar-refractivity contribution in [1.29, 1.82) is 0 Å². The molecule has 0 saturated heterocycles. The Balaban J connectivity index is 1.57. The van der Waals surface area contributed by atoms with Crippen molar-refractivity contribution >= 4 is 28.5 Å². The third kappa shape index (κ3) is 4.84. The zero-order chi connectivity index (χ0) is 23.4. The Kier molecular flexibility index (Phi) is 6.63. The molecule has 1 saturated carbocycles. The maximum Gasteiger partial charge on any atom is 0.243 e. The molecule has 8 heteroatoms. The van der Waals surface area contributed by atoms with Gasteiger partial charge in [0, 0.05) is 40.9 Å². The number of carbonyl (C=O) groups excluding carboxylic acids is 2. The molecule has 3 aromatic rings. The topological polar surface area (TPSA) is 105 Å². The van der Waals surface area contributed by atoms with E-state index in [9.17, 15) is 9.59 Å². The highest BCUT2D eigenvalue weighted by Gasteiger charge is 2.26. The van der Waals surface area contributed by atoms with E-state index in [-0.39, 0.29) is 23.8 Å². The van der Waals surface area contributed by atoms with Gasteiger partial charge in [-0.05, 0) is 43.2 Å². The smallest absolute Gasteiger partial charge is 0.243 e. The second-order valence-corrected chi connectivity index (χ2v) is 8.08. The van der Waals surface area contributed by atoms with Crippen LogP contribution in [-0.4, -0.2) is 48.0 Å². The van der Waals surface area contributed by atoms with Crippen molar-refractivity contribution in [1.82, 2.24) is 15.3 Å². The van der Waals surface area contributed by atoms with Gasteiger partial charge >= 0.3 is 0 Å². The van der Waals surface area contributed by atoms with Gasteiger partial charge < -0.3 is 25.1 Å². The molecule has 172 valence electrons. The Morgan fingerprint density at radius 3 is 2.45 bits per heavy atom. The summed E-state index contributed by atoms with van der Waals surface area (Å²) in [6.45, 7) is 3.54. The summed E-state index contributed by atoms with van der Waals surface area (Å²) in [5.74, 6) is 1.47. The van der Waals surface area contributed by atoms with E-state index in [2.05, 4.69) is 27.2 Å². The van der Waals surface area contributed by atoms with Crippen LogP contribution >= 0.6 is 0 Å². The number of anilines is 1. The molecule has 2 unspecified atom stereocenters. The van der Waals surface area contributed by atoms with Gasteiger partial charge in [-0.25, -0.2) is 4.98 Å². The molecule has 1 amide bonds. The van der Waals surface area contributed by atoms with Gasteiger partial charge in [0.2, 0.25) is 5.91 Å². The van der Waals surface area contributed by atoms with E-state index in [1.807, 2.05) is 12.1 Å². The van der Waals surface area contributed by atoms with E-state index in [0.717, 1.165) is 31.1 Å². The lowest BCUT2D eigenvalue weighted by Crippen LogP contribution is -2.48. The molecule has 1 aliphatic rings. The fourth-order valence-corrected chi connectivity index (χ4v) is 4.28. The number of carbonyl (C=O) groups is 2. The van der Waals surface area contributed by atoms with Gasteiger partial charge in [-0.15, -0.1) is 0 Å². The van der Waals surface area contributed by atoms with Crippen molar-refractivity contribution < 1.29 is 19.1 Å². The van der Waals surface area contributed by atoms with Gasteiger partial charge in [0.25, 0.3) is 0 Å². The number of H-pyrrole nitrogens is 1. The normalized spacial score (nSPS) is 17.9. The van der Waals surface area contributed by atoms with Crippen LogP contribution in [0.3, 0.4) is 0 Å². The molecule has 33 heavy (non-hydrogen) atoms. The Hall–Kier alpha value is -3.81. The number of pyridine rings is 1. The first-order chi connectivity index (χ1) is 16.0. The minimum absolute atomic E-state index is 0.0190. The first-order valence-corrected chi connectivity index (χ1v) is 11.0. The molecule has 0 radical (unpaired) electrons. The fourth-order valence-electron chi connectivity index (χ4n) is 4.28. The molecule has 2 atom stereocenters. The molecule has 0 bridgehead atoms. The number of ether oxygens (including phenoxy) is 2. The van der Waals surface area contributed by atoms with Gasteiger partial charge in [0.1, 0.15) is 23.0 Å². The predicted octanol–water partition coefficient (Wildman–Crippen LogP) is 3.84. The molecule has 8 nitrogen and oxygen atoms in total. The lowest BCUT2D eigenvalue weighted by molar-refractivity contribution is -0.117. The Morgan fingerprint density at radius 1 is 1.09 bits per heavy atom. The van der Waals surface area contributed by atoms with Crippen LogP contribution in [0, 0.1) is 0 Å². The highest BCUT2D eigenvalue weighted by Crippen LogP contribution is 2.28. The summed E-state index contributed by atoms with van der Waals surface area (Å²) in [5, 5.41) is 7.20. The van der Waals surface area contributed by atoms with Gasteiger partial charge in [0.15, 0.2) is 5.78 Å². The minimum atomic E-state index is -0.168. The summed E-state index contributed by atoms with van der Waals surface area (Å²) in [6.07, 6.45) is 6.98. The monoisotopic (exact) mass is 448 g/mol. The first-order valence-electron chi connectivity index (χ1n) is 11.0. The molecule has 3 N–H and O–H groups in total. The highest BCUT2D eigenvalue weighted by molar-refractivity contribution is 6.16. The number of aromatic nitrogens is 2. The van der Waals surface area contributed by atoms with Crippen LogP contribution in [0.25, 0.3) is 11.0 Å². The molecule has 2 heterocycles. The lowest BCUT2D eigenvalue weighted by atomic mass is 9.90. The van der Waals surface area contributed by atoms with Crippen LogP contribution < -0.4 is 20.1 Å². The van der Waals surface area contributed by atoms with E-state index < -0.39 is 0 Å². The van der Waals surface area contributed by atoms with Crippen molar-refractivity contribution in [3.8, 4) is 11.5 Å². The number of methoxy groups -OCH3 is 2. The third-order valence-electron chi connectivity index (χ3n) is 6.01. The number of nitrogens with one attached hydrogen (secondary N) is 3. The molecule has 1 aromatic carbocycles. The van der Waals surface area contributed by atoms with Crippen LogP contribution in [0.2, 0.25) is 0 Å². The highest BCUT2D eigenvalue weighted by atomic mass is 16.5. The minimum Gasteiger partial charge on any atom is -0.497 e. The third-order valence-corrected chi connectivity index (χ3v) is 6.01. The van der Waals surface area contributed by atoms with Crippen LogP contribution in [0.4, 0.5) is 5.82 Å². The van der Waals surface area contributed by atoms with E-state index in [0.29, 0.717) is 34.1 Å². The number of amides is 1. The van der Waals surface area contributed by atoms with Crippen LogP contribution in [-0.2, 0) is 4.79 Å². The Bertz CT molecular complexity index is 1160. The van der Waals surface area contributed by atoms with Crippen LogP contribution in [0.5, 0.6) is 11.5 Å². The molecule has 1 fully saturated rings. The van der Waals surface area contributed by atoms with Crippen molar-refractivity contribution in [3.05, 3.63) is 60.3 Å². The Morgan fingerprint density at radius 2 is 1.79 bits per heavy atom. The zero-order valence-electron chi connectivity index (χ0n) is 18.8. The van der Waals surface area contributed by atoms with Crippen LogP contribution in [0.1, 0.15) is 41.6 Å². The van der Waals surface area contributed by atoms with Crippen LogP contribution in [0.15, 0.2) is 49.2 Å². The molecule has 4 rings (SSSR count). The summed E-state index contributed by atoms with van der Waals surface area (Å²) in [7, 11) is 3.10. The molecule has 2 aromatic heterocycles. The second kappa shape index (κ2) is 9.77. The maximum atomic E-state index is 13.2. The largest absolute Gasteiger partial charge is 0.497 e. The molecule has 1 aliphatic carbocycles. The molecular weight excluding hydrogens is 420 g/mol. The van der Waals surface area contributed by atoms with Crippen molar-refractivity contribution in [2.75, 3.05) is 19.5 Å². The standard InChI is InChI=1S/C25H28N4O4/c1-4-23(30)28-21-8-6-5-7-20(21)27-22-10-9-18-19(14-26-25(18)29-22)24(31)15-11-16(32-2)13-17(12-15)33-3/h4,9-14,20-21H,1,5-8H2,2-3H3,(H,28,30)(H2,26,27,29). The number of hydrogen-bond acceptors (Lipinski definition) is 6. The van der Waals surface area contributed by atoms with E-state index >= 15 is 0 Å². The number of nitrogens with zero attached hydrogens (tertiary/aromatic N) is 1. The number of ketones is 1. The number of aromatic amines is 1.